The maximum absolute atomic E-state index is 12.8. The van der Waals surface area contributed by atoms with Gasteiger partial charge in [-0.1, -0.05) is 29.8 Å². The van der Waals surface area contributed by atoms with Crippen LogP contribution >= 0.6 is 11.3 Å². The topological polar surface area (TPSA) is 59.2 Å². The molecule has 2 N–H and O–H groups in total. The lowest BCUT2D eigenvalue weighted by Gasteiger charge is -2.24. The highest BCUT2D eigenvalue weighted by molar-refractivity contribution is 7.21. The van der Waals surface area contributed by atoms with Crippen LogP contribution in [0, 0.1) is 6.92 Å². The van der Waals surface area contributed by atoms with Crippen LogP contribution in [0.25, 0.3) is 10.2 Å². The lowest BCUT2D eigenvalue weighted by molar-refractivity contribution is 0.104. The average Bonchev–Trinajstić information content (AvgIpc) is 2.89. The number of benzene rings is 1. The van der Waals surface area contributed by atoms with E-state index < -0.39 is 0 Å². The van der Waals surface area contributed by atoms with Crippen molar-refractivity contribution in [2.45, 2.75) is 19.9 Å². The van der Waals surface area contributed by atoms with Gasteiger partial charge in [-0.3, -0.25) is 4.79 Å². The number of thiophene rings is 1. The summed E-state index contributed by atoms with van der Waals surface area (Å²) in [6.45, 7) is 3.91. The summed E-state index contributed by atoms with van der Waals surface area (Å²) in [6.07, 6.45) is 0.945. The van der Waals surface area contributed by atoms with Gasteiger partial charge in [-0.05, 0) is 25.6 Å². The van der Waals surface area contributed by atoms with Crippen LogP contribution in [-0.2, 0) is 13.0 Å². The van der Waals surface area contributed by atoms with Crippen LogP contribution in [0.5, 0.6) is 0 Å². The van der Waals surface area contributed by atoms with Crippen molar-refractivity contribution in [2.24, 2.45) is 0 Å². The Balaban J connectivity index is 1.80. The van der Waals surface area contributed by atoms with E-state index in [1.807, 2.05) is 31.2 Å². The monoisotopic (exact) mass is 337 g/mol. The zero-order valence-corrected chi connectivity index (χ0v) is 14.6. The fourth-order valence-electron chi connectivity index (χ4n) is 3.14. The predicted molar refractivity (Wildman–Crippen MR) is 98.7 cm³/mol. The first-order valence-electron chi connectivity index (χ1n) is 8.03. The third-order valence-corrected chi connectivity index (χ3v) is 5.69. The fourth-order valence-corrected chi connectivity index (χ4v) is 4.20. The first kappa shape index (κ1) is 15.3. The van der Waals surface area contributed by atoms with Gasteiger partial charge in [0.1, 0.15) is 9.71 Å². The molecule has 0 saturated carbocycles. The Morgan fingerprint density at radius 2 is 2.04 bits per heavy atom. The lowest BCUT2D eigenvalue weighted by Crippen LogP contribution is -2.27. The summed E-state index contributed by atoms with van der Waals surface area (Å²) in [4.78, 5) is 21.3. The first-order chi connectivity index (χ1) is 11.5. The Hall–Kier alpha value is -2.24. The third-order valence-electron chi connectivity index (χ3n) is 4.58. The molecule has 1 aliphatic rings. The molecule has 0 saturated heterocycles. The highest BCUT2D eigenvalue weighted by Crippen LogP contribution is 2.36. The summed E-state index contributed by atoms with van der Waals surface area (Å²) in [5.41, 5.74) is 11.0. The summed E-state index contributed by atoms with van der Waals surface area (Å²) in [5, 5.41) is 0.907. The van der Waals surface area contributed by atoms with Crippen molar-refractivity contribution in [2.75, 3.05) is 19.3 Å². The Morgan fingerprint density at radius 3 is 2.79 bits per heavy atom. The zero-order chi connectivity index (χ0) is 16.8. The summed E-state index contributed by atoms with van der Waals surface area (Å²) in [5.74, 6) is -0.0226. The molecule has 1 aromatic carbocycles. The molecule has 24 heavy (non-hydrogen) atoms. The number of pyridine rings is 1. The van der Waals surface area contributed by atoms with Crippen LogP contribution in [0.1, 0.15) is 32.1 Å². The molecule has 0 fully saturated rings. The van der Waals surface area contributed by atoms with Crippen molar-refractivity contribution in [3.8, 4) is 0 Å². The van der Waals surface area contributed by atoms with E-state index in [0.717, 1.165) is 41.0 Å². The molecule has 122 valence electrons. The van der Waals surface area contributed by atoms with Crippen LogP contribution in [-0.4, -0.2) is 29.3 Å². The molecule has 2 aromatic heterocycles. The quantitative estimate of drug-likeness (QED) is 0.728. The number of rotatable bonds is 2. The van der Waals surface area contributed by atoms with Gasteiger partial charge in [-0.25, -0.2) is 4.98 Å². The van der Waals surface area contributed by atoms with Gasteiger partial charge in [-0.15, -0.1) is 11.3 Å². The highest BCUT2D eigenvalue weighted by Gasteiger charge is 2.22. The number of hydrogen-bond donors (Lipinski definition) is 1. The smallest absolute Gasteiger partial charge is 0.205 e. The van der Waals surface area contributed by atoms with E-state index in [1.165, 1.54) is 16.9 Å². The molecule has 0 amide bonds. The zero-order valence-electron chi connectivity index (χ0n) is 13.8. The molecule has 3 heterocycles. The fraction of sp³-hybridized carbons (Fsp3) is 0.263. The molecule has 0 radical (unpaired) electrons. The number of aromatic nitrogens is 1. The molecule has 0 unspecified atom stereocenters. The van der Waals surface area contributed by atoms with E-state index in [4.69, 9.17) is 10.7 Å². The number of carbonyl (C=O) groups is 1. The van der Waals surface area contributed by atoms with Gasteiger partial charge in [0.25, 0.3) is 0 Å². The molecule has 0 spiro atoms. The van der Waals surface area contributed by atoms with Crippen LogP contribution in [0.4, 0.5) is 5.69 Å². The second-order valence-corrected chi connectivity index (χ2v) is 7.47. The van der Waals surface area contributed by atoms with Gasteiger partial charge in [0.2, 0.25) is 5.78 Å². The van der Waals surface area contributed by atoms with Crippen LogP contribution in [0.15, 0.2) is 30.3 Å². The molecule has 0 atom stereocenters. The summed E-state index contributed by atoms with van der Waals surface area (Å²) in [7, 11) is 2.11. The van der Waals surface area contributed by atoms with Gasteiger partial charge >= 0.3 is 0 Å². The lowest BCUT2D eigenvalue weighted by atomic mass is 10.0. The number of nitrogen functional groups attached to an aromatic ring is 1. The van der Waals surface area contributed by atoms with Crippen molar-refractivity contribution in [1.82, 2.24) is 9.88 Å². The minimum Gasteiger partial charge on any atom is -0.397 e. The third kappa shape index (κ3) is 2.50. The Labute approximate surface area is 144 Å². The molecule has 0 aliphatic carbocycles. The van der Waals surface area contributed by atoms with Crippen molar-refractivity contribution in [3.05, 3.63) is 57.6 Å². The normalized spacial score (nSPS) is 14.8. The Kier molecular flexibility index (Phi) is 3.62. The summed E-state index contributed by atoms with van der Waals surface area (Å²) < 4.78 is 0. The number of hydrogen-bond acceptors (Lipinski definition) is 5. The first-order valence-corrected chi connectivity index (χ1v) is 8.85. The van der Waals surface area contributed by atoms with Gasteiger partial charge in [0.05, 0.1) is 5.69 Å². The number of ketones is 1. The predicted octanol–water partition coefficient (Wildman–Crippen LogP) is 3.41. The molecule has 4 rings (SSSR count). The van der Waals surface area contributed by atoms with E-state index in [2.05, 4.69) is 18.0 Å². The molecule has 4 nitrogen and oxygen atoms in total. The van der Waals surface area contributed by atoms with Crippen LogP contribution < -0.4 is 5.73 Å². The largest absolute Gasteiger partial charge is 0.397 e. The van der Waals surface area contributed by atoms with E-state index in [1.54, 1.807) is 0 Å². The number of anilines is 1. The number of nitrogens with zero attached hydrogens (tertiary/aromatic N) is 2. The minimum atomic E-state index is -0.0226. The van der Waals surface area contributed by atoms with Gasteiger partial charge in [0, 0.05) is 36.2 Å². The second kappa shape index (κ2) is 5.69. The Bertz CT molecular complexity index is 943. The highest BCUT2D eigenvalue weighted by atomic mass is 32.1. The van der Waals surface area contributed by atoms with E-state index in [-0.39, 0.29) is 5.78 Å². The molecular weight excluding hydrogens is 318 g/mol. The standard InChI is InChI=1S/C19H19N3OS/c1-11-3-5-12(6-4-11)17(23)18-16(20)14-9-13-10-22(2)8-7-15(13)21-19(14)24-18/h3-6,9H,7-8,10,20H2,1-2H3. The maximum atomic E-state index is 12.8. The number of fused-ring (bicyclic) bond motifs is 2. The van der Waals surface area contributed by atoms with Crippen LogP contribution in [0.3, 0.4) is 0 Å². The molecular formula is C19H19N3OS. The molecule has 0 bridgehead atoms. The van der Waals surface area contributed by atoms with Crippen molar-refractivity contribution < 1.29 is 4.79 Å². The second-order valence-electron chi connectivity index (χ2n) is 6.47. The van der Waals surface area contributed by atoms with Crippen molar-refractivity contribution in [3.63, 3.8) is 0 Å². The summed E-state index contributed by atoms with van der Waals surface area (Å²) in [6, 6.07) is 9.72. The SMILES string of the molecule is Cc1ccc(C(=O)c2sc3nc4c(cc3c2N)CN(C)CC4)cc1. The minimum absolute atomic E-state index is 0.0226. The Morgan fingerprint density at radius 1 is 1.29 bits per heavy atom. The molecule has 5 heteroatoms. The van der Waals surface area contributed by atoms with Gasteiger partial charge in [-0.2, -0.15) is 0 Å². The maximum Gasteiger partial charge on any atom is 0.205 e. The van der Waals surface area contributed by atoms with E-state index in [9.17, 15) is 4.79 Å². The van der Waals surface area contributed by atoms with Crippen molar-refractivity contribution in [1.29, 1.82) is 0 Å². The molecule has 3 aromatic rings. The van der Waals surface area contributed by atoms with Crippen molar-refractivity contribution >= 4 is 33.0 Å². The van der Waals surface area contributed by atoms with Crippen LogP contribution in [0.2, 0.25) is 0 Å². The number of aryl methyl sites for hydroxylation is 1. The number of nitrogens with two attached hydrogens (primary N) is 1. The van der Waals surface area contributed by atoms with E-state index >= 15 is 0 Å². The van der Waals surface area contributed by atoms with Gasteiger partial charge < -0.3 is 10.6 Å². The average molecular weight is 337 g/mol. The van der Waals surface area contributed by atoms with Gasteiger partial charge in [0.15, 0.2) is 0 Å². The van der Waals surface area contributed by atoms with E-state index in [0.29, 0.717) is 16.1 Å². The number of carbonyl (C=O) groups excluding carboxylic acids is 1. The summed E-state index contributed by atoms with van der Waals surface area (Å²) >= 11 is 1.41. The molecule has 1 aliphatic heterocycles. The number of likely N-dealkylation sites (N-methyl/N-ethyl adjacent to an activating group) is 1.